The summed E-state index contributed by atoms with van der Waals surface area (Å²) in [5.41, 5.74) is 0. The Balaban J connectivity index is 1.66. The van der Waals surface area contributed by atoms with Gasteiger partial charge in [-0.2, -0.15) is 0 Å². The van der Waals surface area contributed by atoms with Crippen molar-refractivity contribution in [2.24, 2.45) is 10.9 Å². The van der Waals surface area contributed by atoms with Gasteiger partial charge in [-0.05, 0) is 32.1 Å². The van der Waals surface area contributed by atoms with Gasteiger partial charge in [-0.3, -0.25) is 14.7 Å². The van der Waals surface area contributed by atoms with Gasteiger partial charge in [0, 0.05) is 45.2 Å². The van der Waals surface area contributed by atoms with Crippen LogP contribution in [0, 0.1) is 5.92 Å². The van der Waals surface area contributed by atoms with E-state index in [1.165, 1.54) is 0 Å². The van der Waals surface area contributed by atoms with E-state index in [0.29, 0.717) is 24.9 Å². The van der Waals surface area contributed by atoms with Crippen LogP contribution in [0.5, 0.6) is 0 Å². The van der Waals surface area contributed by atoms with E-state index < -0.39 is 0 Å². The zero-order valence-corrected chi connectivity index (χ0v) is 16.7. The number of guanidine groups is 1. The molecule has 2 rings (SSSR count). The van der Waals surface area contributed by atoms with Crippen molar-refractivity contribution in [3.05, 3.63) is 0 Å². The minimum absolute atomic E-state index is 0.155. The highest BCUT2D eigenvalue weighted by Gasteiger charge is 2.23. The van der Waals surface area contributed by atoms with Crippen molar-refractivity contribution in [1.82, 2.24) is 20.9 Å². The van der Waals surface area contributed by atoms with E-state index in [2.05, 4.69) is 46.6 Å². The monoisotopic (exact) mass is 367 g/mol. The number of ether oxygens (including phenoxy) is 1. The van der Waals surface area contributed by atoms with Gasteiger partial charge in [0.2, 0.25) is 5.91 Å². The van der Waals surface area contributed by atoms with Gasteiger partial charge in [0.1, 0.15) is 0 Å². The Labute approximate surface area is 158 Å². The molecule has 0 aromatic rings. The third kappa shape index (κ3) is 8.85. The van der Waals surface area contributed by atoms with Gasteiger partial charge in [0.05, 0.1) is 19.3 Å². The molecule has 1 aliphatic carbocycles. The Hall–Kier alpha value is -1.34. The number of morpholine rings is 1. The molecule has 7 nitrogen and oxygen atoms in total. The van der Waals surface area contributed by atoms with E-state index in [-0.39, 0.29) is 12.0 Å². The number of nitrogens with zero attached hydrogens (tertiary/aromatic N) is 2. The molecule has 7 heteroatoms. The Morgan fingerprint density at radius 3 is 2.81 bits per heavy atom. The van der Waals surface area contributed by atoms with Crippen molar-refractivity contribution < 1.29 is 9.53 Å². The first-order valence-electron chi connectivity index (χ1n) is 10.2. The first-order chi connectivity index (χ1) is 12.6. The smallest absolute Gasteiger partial charge is 0.220 e. The molecule has 1 amide bonds. The second kappa shape index (κ2) is 11.4. The highest BCUT2D eigenvalue weighted by atomic mass is 16.5. The van der Waals surface area contributed by atoms with E-state index in [9.17, 15) is 4.79 Å². The maximum Gasteiger partial charge on any atom is 0.220 e. The lowest BCUT2D eigenvalue weighted by atomic mass is 10.2. The summed E-state index contributed by atoms with van der Waals surface area (Å²) in [6, 6.07) is 0.445. The molecule has 3 N–H and O–H groups in total. The van der Waals surface area contributed by atoms with E-state index >= 15 is 0 Å². The van der Waals surface area contributed by atoms with Crippen molar-refractivity contribution in [3.63, 3.8) is 0 Å². The fourth-order valence-corrected chi connectivity index (χ4v) is 3.09. The highest BCUT2D eigenvalue weighted by molar-refractivity contribution is 5.80. The van der Waals surface area contributed by atoms with Gasteiger partial charge < -0.3 is 20.7 Å². The summed E-state index contributed by atoms with van der Waals surface area (Å²) in [5, 5.41) is 9.60. The number of hydrogen-bond acceptors (Lipinski definition) is 4. The molecule has 150 valence electrons. The molecule has 2 aliphatic rings. The summed E-state index contributed by atoms with van der Waals surface area (Å²) in [6.45, 7) is 12.6. The summed E-state index contributed by atoms with van der Waals surface area (Å²) < 4.78 is 5.86. The zero-order valence-electron chi connectivity index (χ0n) is 16.7. The van der Waals surface area contributed by atoms with Crippen molar-refractivity contribution in [2.75, 3.05) is 45.9 Å². The normalized spacial score (nSPS) is 21.7. The summed E-state index contributed by atoms with van der Waals surface area (Å²) in [5.74, 6) is 1.64. The van der Waals surface area contributed by atoms with Gasteiger partial charge in [-0.15, -0.1) is 0 Å². The number of carbonyl (C=O) groups excluding carboxylic acids is 1. The number of nitrogens with one attached hydrogen (secondary N) is 3. The molecule has 1 atom stereocenters. The summed E-state index contributed by atoms with van der Waals surface area (Å²) in [4.78, 5) is 18.8. The molecule has 1 heterocycles. The van der Waals surface area contributed by atoms with Crippen LogP contribution in [-0.2, 0) is 9.53 Å². The Bertz CT molecular complexity index is 451. The third-order valence-electron chi connectivity index (χ3n) is 4.46. The molecule has 0 aromatic heterocycles. The molecule has 1 unspecified atom stereocenters. The second-order valence-electron chi connectivity index (χ2n) is 7.74. The van der Waals surface area contributed by atoms with Crippen molar-refractivity contribution in [3.8, 4) is 0 Å². The number of aliphatic imine (C=N–C) groups is 1. The van der Waals surface area contributed by atoms with Crippen molar-refractivity contribution in [1.29, 1.82) is 0 Å². The number of hydrogen-bond donors (Lipinski definition) is 3. The molecule has 1 saturated carbocycles. The first-order valence-corrected chi connectivity index (χ1v) is 10.2. The fraction of sp³-hybridized carbons (Fsp3) is 0.895. The zero-order chi connectivity index (χ0) is 18.8. The molecule has 26 heavy (non-hydrogen) atoms. The molecule has 2 fully saturated rings. The van der Waals surface area contributed by atoms with Gasteiger partial charge in [-0.1, -0.05) is 13.8 Å². The largest absolute Gasteiger partial charge is 0.374 e. The van der Waals surface area contributed by atoms with Crippen LogP contribution < -0.4 is 16.0 Å². The predicted octanol–water partition coefficient (Wildman–Crippen LogP) is 0.957. The highest BCUT2D eigenvalue weighted by Crippen LogP contribution is 2.18. The lowest BCUT2D eigenvalue weighted by Gasteiger charge is -2.33. The molecular weight excluding hydrogens is 330 g/mol. The van der Waals surface area contributed by atoms with Crippen molar-refractivity contribution in [2.45, 2.75) is 58.6 Å². The van der Waals surface area contributed by atoms with Crippen molar-refractivity contribution >= 4 is 11.9 Å². The summed E-state index contributed by atoms with van der Waals surface area (Å²) >= 11 is 0. The Morgan fingerprint density at radius 2 is 2.12 bits per heavy atom. The third-order valence-corrected chi connectivity index (χ3v) is 4.46. The Morgan fingerprint density at radius 1 is 1.31 bits per heavy atom. The second-order valence-corrected chi connectivity index (χ2v) is 7.74. The molecule has 0 radical (unpaired) electrons. The summed E-state index contributed by atoms with van der Waals surface area (Å²) in [7, 11) is 0. The topological polar surface area (TPSA) is 78.0 Å². The minimum Gasteiger partial charge on any atom is -0.374 e. The number of carbonyl (C=O) groups is 1. The van der Waals surface area contributed by atoms with Crippen LogP contribution in [0.3, 0.4) is 0 Å². The lowest BCUT2D eigenvalue weighted by Crippen LogP contribution is -2.46. The van der Waals surface area contributed by atoms with Crippen LogP contribution in [0.2, 0.25) is 0 Å². The van der Waals surface area contributed by atoms with Gasteiger partial charge >= 0.3 is 0 Å². The molecule has 1 saturated heterocycles. The average Bonchev–Trinajstić information content (AvgIpc) is 3.40. The maximum atomic E-state index is 11.7. The lowest BCUT2D eigenvalue weighted by molar-refractivity contribution is -0.121. The van der Waals surface area contributed by atoms with Gasteiger partial charge in [0.25, 0.3) is 0 Å². The number of amides is 1. The van der Waals surface area contributed by atoms with Crippen LogP contribution in [-0.4, -0.2) is 74.8 Å². The Kier molecular flexibility index (Phi) is 9.18. The number of rotatable bonds is 10. The van der Waals surface area contributed by atoms with Crippen LogP contribution in [0.1, 0.15) is 46.5 Å². The first kappa shape index (κ1) is 21.0. The van der Waals surface area contributed by atoms with Crippen LogP contribution >= 0.6 is 0 Å². The predicted molar refractivity (Wildman–Crippen MR) is 105 cm³/mol. The SMILES string of the molecule is CCNC(=NCC1CN(CC(C)C)CCO1)NCCCC(=O)NC1CC1. The van der Waals surface area contributed by atoms with E-state index in [0.717, 1.165) is 64.6 Å². The maximum absolute atomic E-state index is 11.7. The van der Waals surface area contributed by atoms with E-state index in [1.54, 1.807) is 0 Å². The fourth-order valence-electron chi connectivity index (χ4n) is 3.09. The van der Waals surface area contributed by atoms with Crippen LogP contribution in [0.4, 0.5) is 0 Å². The molecule has 0 aromatic carbocycles. The van der Waals surface area contributed by atoms with Crippen LogP contribution in [0.15, 0.2) is 4.99 Å². The molecular formula is C19H37N5O2. The molecule has 0 bridgehead atoms. The molecule has 0 spiro atoms. The standard InChI is InChI=1S/C19H37N5O2/c1-4-20-19(21-9-5-6-18(25)23-16-7-8-16)22-12-17-14-24(10-11-26-17)13-15(2)3/h15-17H,4-14H2,1-3H3,(H,23,25)(H2,20,21,22). The van der Waals surface area contributed by atoms with Gasteiger partial charge in [-0.25, -0.2) is 0 Å². The minimum atomic E-state index is 0.155. The average molecular weight is 368 g/mol. The van der Waals surface area contributed by atoms with Gasteiger partial charge in [0.15, 0.2) is 5.96 Å². The van der Waals surface area contributed by atoms with E-state index in [4.69, 9.17) is 4.74 Å². The quantitative estimate of drug-likeness (QED) is 0.305. The molecule has 1 aliphatic heterocycles. The van der Waals surface area contributed by atoms with E-state index in [1.807, 2.05) is 0 Å². The van der Waals surface area contributed by atoms with Crippen LogP contribution in [0.25, 0.3) is 0 Å². The summed E-state index contributed by atoms with van der Waals surface area (Å²) in [6.07, 6.45) is 3.81.